The van der Waals surface area contributed by atoms with Crippen LogP contribution in [0.4, 0.5) is 0 Å². The van der Waals surface area contributed by atoms with Crippen molar-refractivity contribution >= 4 is 5.97 Å². The summed E-state index contributed by atoms with van der Waals surface area (Å²) in [6, 6.07) is 6.15. The zero-order valence-corrected chi connectivity index (χ0v) is 9.14. The van der Waals surface area contributed by atoms with Crippen molar-refractivity contribution in [2.24, 2.45) is 0 Å². The molecule has 2 N–H and O–H groups in total. The lowest BCUT2D eigenvalue weighted by Gasteiger charge is -2.23. The van der Waals surface area contributed by atoms with Gasteiger partial charge >= 0.3 is 5.97 Å². The van der Waals surface area contributed by atoms with Crippen LogP contribution < -0.4 is 4.74 Å². The average Bonchev–Trinajstić information content (AvgIpc) is 2.36. The van der Waals surface area contributed by atoms with Gasteiger partial charge < -0.3 is 19.7 Å². The number of aliphatic hydroxyl groups is 2. The molecule has 1 aromatic carbocycles. The second-order valence-electron chi connectivity index (χ2n) is 3.24. The van der Waals surface area contributed by atoms with Crippen LogP contribution in [0.5, 0.6) is 5.75 Å². The molecule has 88 valence electrons. The summed E-state index contributed by atoms with van der Waals surface area (Å²) in [5.41, 5.74) is -1.77. The number of carbonyl (C=O) groups excluding carboxylic acids is 1. The minimum absolute atomic E-state index is 0.252. The van der Waals surface area contributed by atoms with E-state index >= 15 is 0 Å². The van der Waals surface area contributed by atoms with E-state index in [4.69, 9.17) is 9.84 Å². The predicted molar refractivity (Wildman–Crippen MR) is 56.0 cm³/mol. The number of hydrogen-bond acceptors (Lipinski definition) is 5. The van der Waals surface area contributed by atoms with Crippen molar-refractivity contribution in [2.45, 2.75) is 5.60 Å². The van der Waals surface area contributed by atoms with Gasteiger partial charge in [0.15, 0.2) is 0 Å². The third kappa shape index (κ3) is 2.15. The van der Waals surface area contributed by atoms with Crippen molar-refractivity contribution < 1.29 is 24.5 Å². The zero-order valence-electron chi connectivity index (χ0n) is 9.14. The van der Waals surface area contributed by atoms with E-state index in [-0.39, 0.29) is 5.56 Å². The molecule has 1 atom stereocenters. The lowest BCUT2D eigenvalue weighted by atomic mass is 9.95. The second kappa shape index (κ2) is 4.96. The molecule has 0 saturated heterocycles. The van der Waals surface area contributed by atoms with Gasteiger partial charge in [-0.25, -0.2) is 4.79 Å². The van der Waals surface area contributed by atoms with Gasteiger partial charge in [-0.15, -0.1) is 0 Å². The molecule has 0 aliphatic heterocycles. The second-order valence-corrected chi connectivity index (χ2v) is 3.24. The van der Waals surface area contributed by atoms with Gasteiger partial charge in [0.25, 0.3) is 0 Å². The first-order chi connectivity index (χ1) is 7.58. The van der Waals surface area contributed by atoms with Crippen LogP contribution in [0.2, 0.25) is 0 Å². The summed E-state index contributed by atoms with van der Waals surface area (Å²) in [5, 5.41) is 19.0. The summed E-state index contributed by atoms with van der Waals surface area (Å²) < 4.78 is 9.38. The highest BCUT2D eigenvalue weighted by molar-refractivity contribution is 5.81. The number of rotatable bonds is 4. The number of carbonyl (C=O) groups is 1. The first kappa shape index (κ1) is 12.5. The summed E-state index contributed by atoms with van der Waals surface area (Å²) >= 11 is 0. The fourth-order valence-electron chi connectivity index (χ4n) is 1.31. The molecule has 0 amide bonds. The van der Waals surface area contributed by atoms with E-state index in [1.165, 1.54) is 19.2 Å². The van der Waals surface area contributed by atoms with E-state index in [9.17, 15) is 9.90 Å². The minimum atomic E-state index is -2.03. The van der Waals surface area contributed by atoms with Gasteiger partial charge in [0.05, 0.1) is 20.8 Å². The largest absolute Gasteiger partial charge is 0.497 e. The molecule has 0 saturated carbocycles. The van der Waals surface area contributed by atoms with E-state index < -0.39 is 18.2 Å². The smallest absolute Gasteiger partial charge is 0.345 e. The highest BCUT2D eigenvalue weighted by atomic mass is 16.5. The van der Waals surface area contributed by atoms with Gasteiger partial charge in [-0.2, -0.15) is 0 Å². The summed E-state index contributed by atoms with van der Waals surface area (Å²) in [6.07, 6.45) is 0. The predicted octanol–water partition coefficient (Wildman–Crippen LogP) is 0.0481. The first-order valence-corrected chi connectivity index (χ1v) is 4.64. The number of ether oxygens (including phenoxy) is 2. The Bertz CT molecular complexity index is 359. The van der Waals surface area contributed by atoms with E-state index in [2.05, 4.69) is 4.74 Å². The van der Waals surface area contributed by atoms with Gasteiger partial charge in [-0.3, -0.25) is 0 Å². The maximum absolute atomic E-state index is 11.4. The Hall–Kier alpha value is -1.59. The molecule has 0 fully saturated rings. The minimum Gasteiger partial charge on any atom is -0.497 e. The van der Waals surface area contributed by atoms with Crippen LogP contribution in [-0.4, -0.2) is 37.0 Å². The Kier molecular flexibility index (Phi) is 3.87. The summed E-state index contributed by atoms with van der Waals surface area (Å²) in [5.74, 6) is -0.311. The molecule has 16 heavy (non-hydrogen) atoms. The van der Waals surface area contributed by atoms with Crippen LogP contribution >= 0.6 is 0 Å². The normalized spacial score (nSPS) is 14.0. The molecule has 0 aliphatic rings. The lowest BCUT2D eigenvalue weighted by Crippen LogP contribution is -2.40. The van der Waals surface area contributed by atoms with Crippen LogP contribution in [0, 0.1) is 0 Å². The highest BCUT2D eigenvalue weighted by Gasteiger charge is 2.38. The van der Waals surface area contributed by atoms with Gasteiger partial charge in [0.2, 0.25) is 5.60 Å². The Balaban J connectivity index is 3.07. The van der Waals surface area contributed by atoms with E-state index in [1.54, 1.807) is 12.1 Å². The van der Waals surface area contributed by atoms with Crippen LogP contribution in [0.15, 0.2) is 24.3 Å². The van der Waals surface area contributed by atoms with Crippen LogP contribution in [0.1, 0.15) is 5.56 Å². The average molecular weight is 226 g/mol. The van der Waals surface area contributed by atoms with Crippen molar-refractivity contribution in [1.82, 2.24) is 0 Å². The number of benzene rings is 1. The number of esters is 1. The van der Waals surface area contributed by atoms with Gasteiger partial charge in [-0.1, -0.05) is 12.1 Å². The quantitative estimate of drug-likeness (QED) is 0.709. The molecule has 0 aliphatic carbocycles. The van der Waals surface area contributed by atoms with Crippen LogP contribution in [-0.2, 0) is 15.1 Å². The fourth-order valence-corrected chi connectivity index (χ4v) is 1.31. The molecule has 1 aromatic rings. The Morgan fingerprint density at radius 1 is 1.31 bits per heavy atom. The molecule has 1 rings (SSSR count). The number of hydrogen-bond donors (Lipinski definition) is 2. The van der Waals surface area contributed by atoms with Crippen molar-refractivity contribution in [3.05, 3.63) is 29.8 Å². The van der Waals surface area contributed by atoms with Crippen LogP contribution in [0.25, 0.3) is 0 Å². The van der Waals surface area contributed by atoms with Crippen molar-refractivity contribution in [3.63, 3.8) is 0 Å². The number of methoxy groups -OCH3 is 2. The summed E-state index contributed by atoms with van der Waals surface area (Å²) in [4.78, 5) is 11.4. The third-order valence-corrected chi connectivity index (χ3v) is 2.32. The highest BCUT2D eigenvalue weighted by Crippen LogP contribution is 2.24. The third-order valence-electron chi connectivity index (χ3n) is 2.32. The maximum atomic E-state index is 11.4. The zero-order chi connectivity index (χ0) is 12.2. The topological polar surface area (TPSA) is 76.0 Å². The van der Waals surface area contributed by atoms with Gasteiger partial charge in [-0.05, 0) is 17.7 Å². The van der Waals surface area contributed by atoms with Crippen molar-refractivity contribution in [2.75, 3.05) is 20.8 Å². The lowest BCUT2D eigenvalue weighted by molar-refractivity contribution is -0.168. The SMILES string of the molecule is COC(=O)[C@](O)(CO)c1ccc(OC)cc1. The Morgan fingerprint density at radius 2 is 1.88 bits per heavy atom. The van der Waals surface area contributed by atoms with E-state index in [1.807, 2.05) is 0 Å². The summed E-state index contributed by atoms with van der Waals surface area (Å²) in [6.45, 7) is -0.744. The standard InChI is InChI=1S/C11H14O5/c1-15-9-5-3-8(4-6-9)11(14,7-12)10(13)16-2/h3-6,12,14H,7H2,1-2H3/t11-/m0/s1. The molecule has 5 nitrogen and oxygen atoms in total. The maximum Gasteiger partial charge on any atom is 0.345 e. The van der Waals surface area contributed by atoms with Crippen LogP contribution in [0.3, 0.4) is 0 Å². The molecule has 0 aromatic heterocycles. The molecule has 0 spiro atoms. The molecule has 0 heterocycles. The van der Waals surface area contributed by atoms with E-state index in [0.29, 0.717) is 5.75 Å². The summed E-state index contributed by atoms with van der Waals surface area (Å²) in [7, 11) is 2.65. The molecule has 5 heteroatoms. The fraction of sp³-hybridized carbons (Fsp3) is 0.364. The molecule has 0 radical (unpaired) electrons. The van der Waals surface area contributed by atoms with E-state index in [0.717, 1.165) is 7.11 Å². The number of aliphatic hydroxyl groups excluding tert-OH is 1. The molecule has 0 bridgehead atoms. The van der Waals surface area contributed by atoms with Crippen molar-refractivity contribution in [3.8, 4) is 5.75 Å². The molecular weight excluding hydrogens is 212 g/mol. The molecular formula is C11H14O5. The Morgan fingerprint density at radius 3 is 2.25 bits per heavy atom. The van der Waals surface area contributed by atoms with Gasteiger partial charge in [0, 0.05) is 0 Å². The monoisotopic (exact) mass is 226 g/mol. The van der Waals surface area contributed by atoms with Gasteiger partial charge in [0.1, 0.15) is 5.75 Å². The Labute approximate surface area is 93.2 Å². The molecule has 0 unspecified atom stereocenters. The van der Waals surface area contributed by atoms with Crippen molar-refractivity contribution in [1.29, 1.82) is 0 Å². The first-order valence-electron chi connectivity index (χ1n) is 4.64.